The van der Waals surface area contributed by atoms with Crippen LogP contribution in [-0.4, -0.2) is 30.8 Å². The molecule has 0 radical (unpaired) electrons. The Morgan fingerprint density at radius 1 is 1.36 bits per heavy atom. The van der Waals surface area contributed by atoms with Crippen LogP contribution in [0.25, 0.3) is 0 Å². The van der Waals surface area contributed by atoms with E-state index in [1.165, 1.54) is 0 Å². The molecule has 0 aliphatic rings. The van der Waals surface area contributed by atoms with Gasteiger partial charge in [0.05, 0.1) is 0 Å². The zero-order valence-corrected chi connectivity index (χ0v) is 9.89. The van der Waals surface area contributed by atoms with Crippen LogP contribution in [0.1, 0.15) is 17.9 Å². The van der Waals surface area contributed by atoms with Gasteiger partial charge in [0.2, 0.25) is 0 Å². The molecule has 1 aromatic rings. The van der Waals surface area contributed by atoms with E-state index >= 15 is 0 Å². The second kappa shape index (κ2) is 6.14. The van der Waals surface area contributed by atoms with Crippen LogP contribution in [0.15, 0.2) is 16.5 Å². The van der Waals surface area contributed by atoms with E-state index in [-0.39, 0.29) is 0 Å². The quantitative estimate of drug-likeness (QED) is 0.730. The van der Waals surface area contributed by atoms with E-state index in [2.05, 4.69) is 30.6 Å². The molecule has 14 heavy (non-hydrogen) atoms. The van der Waals surface area contributed by atoms with Crippen molar-refractivity contribution in [2.75, 3.05) is 25.9 Å². The molecule has 1 aromatic heterocycles. The van der Waals surface area contributed by atoms with Crippen molar-refractivity contribution in [2.24, 2.45) is 0 Å². The maximum Gasteiger partial charge on any atom is 0.105 e. The molecule has 2 nitrogen and oxygen atoms in total. The molecule has 0 amide bonds. The van der Waals surface area contributed by atoms with E-state index in [0.29, 0.717) is 0 Å². The Labute approximate surface area is 91.7 Å². The largest absolute Gasteiger partial charge is 0.466 e. The van der Waals surface area contributed by atoms with Crippen molar-refractivity contribution in [1.29, 1.82) is 0 Å². The fraction of sp³-hybridized carbons (Fsp3) is 0.636. The molecule has 1 heterocycles. The van der Waals surface area contributed by atoms with E-state index in [4.69, 9.17) is 4.42 Å². The summed E-state index contributed by atoms with van der Waals surface area (Å²) in [5.41, 5.74) is 0. The zero-order valence-electron chi connectivity index (χ0n) is 8.99. The minimum atomic E-state index is 0.963. The molecule has 0 N–H and O–H groups in total. The number of aryl methyl sites for hydroxylation is 1. The van der Waals surface area contributed by atoms with Crippen LogP contribution in [-0.2, 0) is 6.42 Å². The fourth-order valence-corrected chi connectivity index (χ4v) is 1.51. The van der Waals surface area contributed by atoms with Crippen LogP contribution in [0.3, 0.4) is 0 Å². The Morgan fingerprint density at radius 2 is 2.14 bits per heavy atom. The van der Waals surface area contributed by atoms with Gasteiger partial charge in [-0.15, -0.1) is 0 Å². The first-order chi connectivity index (χ1) is 6.72. The van der Waals surface area contributed by atoms with Gasteiger partial charge in [0.25, 0.3) is 0 Å². The van der Waals surface area contributed by atoms with Crippen molar-refractivity contribution < 1.29 is 4.42 Å². The molecule has 0 fully saturated rings. The van der Waals surface area contributed by atoms with Crippen molar-refractivity contribution in [2.45, 2.75) is 19.8 Å². The molecule has 0 aliphatic carbocycles. The van der Waals surface area contributed by atoms with Crippen molar-refractivity contribution in [3.63, 3.8) is 0 Å². The predicted molar refractivity (Wildman–Crippen MR) is 63.1 cm³/mol. The summed E-state index contributed by atoms with van der Waals surface area (Å²) in [7, 11) is 2.14. The number of thiol groups is 1. The molecule has 0 saturated carbocycles. The number of likely N-dealkylation sites (N-methyl/N-ethyl adjacent to an activating group) is 1. The molecule has 0 spiro atoms. The van der Waals surface area contributed by atoms with Gasteiger partial charge in [0.15, 0.2) is 0 Å². The normalized spacial score (nSPS) is 11.1. The SMILES string of the molecule is Cc1ccc(CCN(C)CCCS)o1. The zero-order chi connectivity index (χ0) is 10.4. The van der Waals surface area contributed by atoms with Gasteiger partial charge < -0.3 is 9.32 Å². The summed E-state index contributed by atoms with van der Waals surface area (Å²) < 4.78 is 5.50. The summed E-state index contributed by atoms with van der Waals surface area (Å²) in [6.45, 7) is 4.15. The van der Waals surface area contributed by atoms with Gasteiger partial charge in [-0.05, 0) is 44.8 Å². The van der Waals surface area contributed by atoms with Crippen LogP contribution in [0, 0.1) is 6.92 Å². The van der Waals surface area contributed by atoms with Crippen LogP contribution in [0.5, 0.6) is 0 Å². The van der Waals surface area contributed by atoms with E-state index in [0.717, 1.165) is 43.2 Å². The van der Waals surface area contributed by atoms with Crippen LogP contribution in [0.2, 0.25) is 0 Å². The lowest BCUT2D eigenvalue weighted by Crippen LogP contribution is -2.22. The molecule has 3 heteroatoms. The monoisotopic (exact) mass is 213 g/mol. The van der Waals surface area contributed by atoms with Gasteiger partial charge >= 0.3 is 0 Å². The third-order valence-electron chi connectivity index (χ3n) is 2.23. The number of hydrogen-bond acceptors (Lipinski definition) is 3. The van der Waals surface area contributed by atoms with E-state index in [1.54, 1.807) is 0 Å². The van der Waals surface area contributed by atoms with Gasteiger partial charge in [-0.3, -0.25) is 0 Å². The third-order valence-corrected chi connectivity index (χ3v) is 2.55. The van der Waals surface area contributed by atoms with Crippen molar-refractivity contribution >= 4 is 12.6 Å². The molecule has 0 aromatic carbocycles. The summed E-state index contributed by atoms with van der Waals surface area (Å²) in [6, 6.07) is 4.07. The van der Waals surface area contributed by atoms with Crippen molar-refractivity contribution in [1.82, 2.24) is 4.90 Å². The van der Waals surface area contributed by atoms with Gasteiger partial charge in [-0.25, -0.2) is 0 Å². The van der Waals surface area contributed by atoms with Gasteiger partial charge in [0, 0.05) is 13.0 Å². The summed E-state index contributed by atoms with van der Waals surface area (Å²) in [4.78, 5) is 2.31. The summed E-state index contributed by atoms with van der Waals surface area (Å²) in [5, 5.41) is 0. The minimum Gasteiger partial charge on any atom is -0.466 e. The molecule has 0 bridgehead atoms. The highest BCUT2D eigenvalue weighted by Crippen LogP contribution is 2.07. The highest BCUT2D eigenvalue weighted by molar-refractivity contribution is 7.80. The lowest BCUT2D eigenvalue weighted by Gasteiger charge is -2.14. The van der Waals surface area contributed by atoms with E-state index < -0.39 is 0 Å². The highest BCUT2D eigenvalue weighted by atomic mass is 32.1. The maximum absolute atomic E-state index is 5.50. The highest BCUT2D eigenvalue weighted by Gasteiger charge is 2.01. The standard InChI is InChI=1S/C11H19NOS/c1-10-4-5-11(13-10)6-8-12(2)7-3-9-14/h4-5,14H,3,6-9H2,1-2H3. The summed E-state index contributed by atoms with van der Waals surface area (Å²) in [6.07, 6.45) is 2.15. The van der Waals surface area contributed by atoms with Gasteiger partial charge in [0.1, 0.15) is 11.5 Å². The number of nitrogens with zero attached hydrogens (tertiary/aromatic N) is 1. The Hall–Kier alpha value is -0.410. The molecule has 0 saturated heterocycles. The molecule has 0 unspecified atom stereocenters. The van der Waals surface area contributed by atoms with Crippen molar-refractivity contribution in [3.05, 3.63) is 23.7 Å². The average molecular weight is 213 g/mol. The Morgan fingerprint density at radius 3 is 2.71 bits per heavy atom. The smallest absolute Gasteiger partial charge is 0.105 e. The second-order valence-corrected chi connectivity index (χ2v) is 4.09. The Bertz CT molecular complexity index is 260. The first-order valence-corrected chi connectivity index (χ1v) is 5.70. The molecule has 80 valence electrons. The Balaban J connectivity index is 2.20. The van der Waals surface area contributed by atoms with Crippen LogP contribution < -0.4 is 0 Å². The Kier molecular flexibility index (Phi) is 5.12. The molecule has 0 atom stereocenters. The first kappa shape index (κ1) is 11.7. The lowest BCUT2D eigenvalue weighted by atomic mass is 10.3. The lowest BCUT2D eigenvalue weighted by molar-refractivity contribution is 0.327. The van der Waals surface area contributed by atoms with Crippen LogP contribution in [0.4, 0.5) is 0 Å². The predicted octanol–water partition coefficient (Wildman–Crippen LogP) is 2.38. The maximum atomic E-state index is 5.50. The van der Waals surface area contributed by atoms with Crippen molar-refractivity contribution in [3.8, 4) is 0 Å². The molecule has 1 rings (SSSR count). The second-order valence-electron chi connectivity index (χ2n) is 3.64. The third kappa shape index (κ3) is 4.20. The number of hydrogen-bond donors (Lipinski definition) is 1. The van der Waals surface area contributed by atoms with E-state index in [1.807, 2.05) is 13.0 Å². The fourth-order valence-electron chi connectivity index (χ4n) is 1.37. The topological polar surface area (TPSA) is 16.4 Å². The summed E-state index contributed by atoms with van der Waals surface area (Å²) >= 11 is 4.19. The van der Waals surface area contributed by atoms with Crippen LogP contribution >= 0.6 is 12.6 Å². The minimum absolute atomic E-state index is 0.963. The summed E-state index contributed by atoms with van der Waals surface area (Å²) in [5.74, 6) is 3.04. The van der Waals surface area contributed by atoms with Gasteiger partial charge in [-0.1, -0.05) is 0 Å². The number of rotatable bonds is 6. The molecule has 0 aliphatic heterocycles. The first-order valence-electron chi connectivity index (χ1n) is 5.07. The molecular formula is C11H19NOS. The van der Waals surface area contributed by atoms with Gasteiger partial charge in [-0.2, -0.15) is 12.6 Å². The number of furan rings is 1. The average Bonchev–Trinajstić information content (AvgIpc) is 2.58. The molecular weight excluding hydrogens is 194 g/mol. The van der Waals surface area contributed by atoms with E-state index in [9.17, 15) is 0 Å².